The first-order chi connectivity index (χ1) is 15.5. The van der Waals surface area contributed by atoms with E-state index in [0.717, 1.165) is 16.7 Å². The lowest BCUT2D eigenvalue weighted by molar-refractivity contribution is 0.471. The molecule has 0 spiro atoms. The molecule has 0 saturated carbocycles. The van der Waals surface area contributed by atoms with Gasteiger partial charge in [0.2, 0.25) is 5.89 Å². The summed E-state index contributed by atoms with van der Waals surface area (Å²) in [7, 11) is 0. The number of pyridine rings is 2. The maximum absolute atomic E-state index is 13.1. The summed E-state index contributed by atoms with van der Waals surface area (Å²) in [6.45, 7) is 0. The molecule has 0 aliphatic carbocycles. The standard InChI is InChI=1S/C24H16F2N4O2/c25-18-5-1-14(2-6-18)9-16-10-17-13-28-22(23(31)21(17)27-12-16)24-30-29-20(32-24)11-15-3-7-19(26)8-4-15/h1-8,10,12-13,31H,9,11H2. The molecule has 3 aromatic heterocycles. The molecule has 2 aromatic carbocycles. The van der Waals surface area contributed by atoms with Crippen molar-refractivity contribution < 1.29 is 18.3 Å². The second kappa shape index (κ2) is 8.14. The summed E-state index contributed by atoms with van der Waals surface area (Å²) in [5.41, 5.74) is 3.15. The zero-order valence-electron chi connectivity index (χ0n) is 16.7. The summed E-state index contributed by atoms with van der Waals surface area (Å²) in [5.74, 6) is -0.380. The van der Waals surface area contributed by atoms with Gasteiger partial charge in [-0.2, -0.15) is 0 Å². The topological polar surface area (TPSA) is 84.9 Å². The Morgan fingerprint density at radius 1 is 0.750 bits per heavy atom. The molecular formula is C24H16F2N4O2. The lowest BCUT2D eigenvalue weighted by Crippen LogP contribution is -1.93. The Labute approximate surface area is 181 Å². The van der Waals surface area contributed by atoms with Gasteiger partial charge in [0.15, 0.2) is 11.4 Å². The summed E-state index contributed by atoms with van der Waals surface area (Å²) in [4.78, 5) is 8.66. The second-order valence-corrected chi connectivity index (χ2v) is 7.34. The van der Waals surface area contributed by atoms with Crippen LogP contribution in [0.2, 0.25) is 0 Å². The van der Waals surface area contributed by atoms with Gasteiger partial charge < -0.3 is 9.52 Å². The first-order valence-electron chi connectivity index (χ1n) is 9.83. The number of benzene rings is 2. The summed E-state index contributed by atoms with van der Waals surface area (Å²) in [5, 5.41) is 19.3. The molecule has 0 atom stereocenters. The smallest absolute Gasteiger partial charge is 0.270 e. The van der Waals surface area contributed by atoms with Crippen LogP contribution in [0.5, 0.6) is 5.75 Å². The number of aromatic nitrogens is 4. The SMILES string of the molecule is Oc1c(-c2nnc(Cc3ccc(F)cc3)o2)ncc2cc(Cc3ccc(F)cc3)cnc12. The Morgan fingerprint density at radius 3 is 2.09 bits per heavy atom. The number of hydrogen-bond acceptors (Lipinski definition) is 6. The summed E-state index contributed by atoms with van der Waals surface area (Å²) >= 11 is 0. The van der Waals surface area contributed by atoms with Crippen molar-refractivity contribution >= 4 is 10.9 Å². The summed E-state index contributed by atoms with van der Waals surface area (Å²) in [6, 6.07) is 14.1. The van der Waals surface area contributed by atoms with Gasteiger partial charge in [0, 0.05) is 17.8 Å². The van der Waals surface area contributed by atoms with Gasteiger partial charge in [-0.05, 0) is 53.4 Å². The zero-order chi connectivity index (χ0) is 22.1. The van der Waals surface area contributed by atoms with Crippen molar-refractivity contribution in [3.63, 3.8) is 0 Å². The first kappa shape index (κ1) is 19.7. The van der Waals surface area contributed by atoms with Crippen molar-refractivity contribution in [3.05, 3.63) is 101 Å². The molecule has 0 radical (unpaired) electrons. The highest BCUT2D eigenvalue weighted by Gasteiger charge is 2.18. The predicted octanol–water partition coefficient (Wildman–Crippen LogP) is 4.85. The van der Waals surface area contributed by atoms with E-state index in [2.05, 4.69) is 20.2 Å². The van der Waals surface area contributed by atoms with Crippen LogP contribution in [-0.4, -0.2) is 25.3 Å². The van der Waals surface area contributed by atoms with Gasteiger partial charge in [0.05, 0.1) is 6.42 Å². The van der Waals surface area contributed by atoms with E-state index in [1.165, 1.54) is 24.3 Å². The normalized spacial score (nSPS) is 11.2. The van der Waals surface area contributed by atoms with Crippen molar-refractivity contribution in [3.8, 4) is 17.3 Å². The van der Waals surface area contributed by atoms with E-state index >= 15 is 0 Å². The zero-order valence-corrected chi connectivity index (χ0v) is 16.7. The van der Waals surface area contributed by atoms with Crippen LogP contribution in [0.1, 0.15) is 22.6 Å². The van der Waals surface area contributed by atoms with E-state index in [0.29, 0.717) is 29.6 Å². The Kier molecular flexibility index (Phi) is 5.03. The molecule has 3 heterocycles. The van der Waals surface area contributed by atoms with E-state index in [1.807, 2.05) is 6.07 Å². The van der Waals surface area contributed by atoms with Crippen LogP contribution in [0.25, 0.3) is 22.5 Å². The molecule has 0 fully saturated rings. The fourth-order valence-corrected chi connectivity index (χ4v) is 3.42. The monoisotopic (exact) mass is 430 g/mol. The van der Waals surface area contributed by atoms with Crippen LogP contribution in [0, 0.1) is 11.6 Å². The van der Waals surface area contributed by atoms with Crippen LogP contribution in [0.15, 0.2) is 71.4 Å². The molecule has 0 aliphatic heterocycles. The average Bonchev–Trinajstić information content (AvgIpc) is 3.25. The Balaban J connectivity index is 1.40. The maximum Gasteiger partial charge on any atom is 0.270 e. The Morgan fingerprint density at radius 2 is 1.41 bits per heavy atom. The van der Waals surface area contributed by atoms with Crippen LogP contribution in [0.4, 0.5) is 8.78 Å². The highest BCUT2D eigenvalue weighted by molar-refractivity contribution is 5.88. The Bertz CT molecular complexity index is 1400. The number of nitrogens with zero attached hydrogens (tertiary/aromatic N) is 4. The van der Waals surface area contributed by atoms with Gasteiger partial charge in [-0.3, -0.25) is 4.98 Å². The fourth-order valence-electron chi connectivity index (χ4n) is 3.42. The minimum Gasteiger partial charge on any atom is -0.504 e. The fraction of sp³-hybridized carbons (Fsp3) is 0.0833. The quantitative estimate of drug-likeness (QED) is 0.429. The lowest BCUT2D eigenvalue weighted by atomic mass is 10.0. The third-order valence-electron chi connectivity index (χ3n) is 5.01. The molecule has 32 heavy (non-hydrogen) atoms. The van der Waals surface area contributed by atoms with Crippen molar-refractivity contribution in [1.29, 1.82) is 0 Å². The predicted molar refractivity (Wildman–Crippen MR) is 113 cm³/mol. The molecule has 0 bridgehead atoms. The molecule has 1 N–H and O–H groups in total. The van der Waals surface area contributed by atoms with E-state index in [4.69, 9.17) is 4.42 Å². The molecule has 5 rings (SSSR count). The summed E-state index contributed by atoms with van der Waals surface area (Å²) in [6.07, 6.45) is 4.13. The van der Waals surface area contributed by atoms with Crippen LogP contribution in [-0.2, 0) is 12.8 Å². The van der Waals surface area contributed by atoms with E-state index in [1.54, 1.807) is 36.7 Å². The van der Waals surface area contributed by atoms with Crippen LogP contribution >= 0.6 is 0 Å². The van der Waals surface area contributed by atoms with Gasteiger partial charge in [0.1, 0.15) is 17.2 Å². The third-order valence-corrected chi connectivity index (χ3v) is 5.01. The van der Waals surface area contributed by atoms with Crippen molar-refractivity contribution in [1.82, 2.24) is 20.2 Å². The minimum atomic E-state index is -0.321. The molecule has 0 unspecified atom stereocenters. The highest BCUT2D eigenvalue weighted by Crippen LogP contribution is 2.32. The van der Waals surface area contributed by atoms with Gasteiger partial charge in [-0.1, -0.05) is 24.3 Å². The maximum atomic E-state index is 13.1. The van der Waals surface area contributed by atoms with Crippen molar-refractivity contribution in [2.75, 3.05) is 0 Å². The van der Waals surface area contributed by atoms with Gasteiger partial charge in [0.25, 0.3) is 5.89 Å². The lowest BCUT2D eigenvalue weighted by Gasteiger charge is -2.06. The Hall–Kier alpha value is -4.20. The van der Waals surface area contributed by atoms with Crippen molar-refractivity contribution in [2.45, 2.75) is 12.8 Å². The van der Waals surface area contributed by atoms with E-state index in [9.17, 15) is 13.9 Å². The second-order valence-electron chi connectivity index (χ2n) is 7.34. The van der Waals surface area contributed by atoms with Crippen molar-refractivity contribution in [2.24, 2.45) is 0 Å². The number of hydrogen-bond donors (Lipinski definition) is 1. The highest BCUT2D eigenvalue weighted by atomic mass is 19.1. The third kappa shape index (κ3) is 4.02. The van der Waals surface area contributed by atoms with Gasteiger partial charge in [-0.15, -0.1) is 10.2 Å². The van der Waals surface area contributed by atoms with Gasteiger partial charge >= 0.3 is 0 Å². The molecule has 5 aromatic rings. The summed E-state index contributed by atoms with van der Waals surface area (Å²) < 4.78 is 31.8. The first-order valence-corrected chi connectivity index (χ1v) is 9.83. The molecule has 0 amide bonds. The molecule has 8 heteroatoms. The number of halogens is 2. The van der Waals surface area contributed by atoms with E-state index < -0.39 is 0 Å². The minimum absolute atomic E-state index is 0.0682. The number of rotatable bonds is 5. The van der Waals surface area contributed by atoms with Gasteiger partial charge in [-0.25, -0.2) is 13.8 Å². The molecular weight excluding hydrogens is 414 g/mol. The average molecular weight is 430 g/mol. The molecule has 0 aliphatic rings. The molecule has 0 saturated heterocycles. The molecule has 158 valence electrons. The number of fused-ring (bicyclic) bond motifs is 1. The van der Waals surface area contributed by atoms with E-state index in [-0.39, 0.29) is 29.0 Å². The van der Waals surface area contributed by atoms with Crippen LogP contribution < -0.4 is 0 Å². The molecule has 6 nitrogen and oxygen atoms in total. The van der Waals surface area contributed by atoms with Crippen LogP contribution in [0.3, 0.4) is 0 Å². The number of aromatic hydroxyl groups is 1. The largest absolute Gasteiger partial charge is 0.504 e.